The molecule has 0 aromatic carbocycles. The Hall–Kier alpha value is -8.60. The lowest BCUT2D eigenvalue weighted by Gasteiger charge is -2.09. The smallest absolute Gasteiger partial charge is 0.0872 e. The molecule has 370 valence electrons. The average molecular weight is 983 g/mol. The molecule has 2 aliphatic heterocycles. The summed E-state index contributed by atoms with van der Waals surface area (Å²) < 4.78 is 0. The van der Waals surface area contributed by atoms with Gasteiger partial charge in [-0.2, -0.15) is 0 Å². The van der Waals surface area contributed by atoms with Crippen molar-refractivity contribution in [2.45, 2.75) is 83.1 Å². The first-order chi connectivity index (χ1) is 36.5. The zero-order valence-corrected chi connectivity index (χ0v) is 45.8. The Morgan fingerprint density at radius 1 is 0.237 bits per heavy atom. The summed E-state index contributed by atoms with van der Waals surface area (Å²) in [5.41, 5.74) is 41.5. The summed E-state index contributed by atoms with van der Waals surface area (Å²) in [6.07, 6.45) is 8.84. The van der Waals surface area contributed by atoms with E-state index in [0.29, 0.717) is 0 Å². The van der Waals surface area contributed by atoms with Crippen molar-refractivity contribution in [2.75, 3.05) is 0 Å². The van der Waals surface area contributed by atoms with Crippen LogP contribution in [0, 0.1) is 83.1 Å². The molecule has 3 aromatic rings. The third-order valence-electron chi connectivity index (χ3n) is 16.4. The topological polar surface area (TPSA) is 57.4 Å². The molecular weight excluding hydrogens is 921 g/mol. The minimum Gasteiger partial charge on any atom is -0.353 e. The molecule has 0 amide bonds. The van der Waals surface area contributed by atoms with Gasteiger partial charge in [-0.25, -0.2) is 9.97 Å². The molecular formula is C72H62N4. The van der Waals surface area contributed by atoms with Crippen molar-refractivity contribution in [3.63, 3.8) is 0 Å². The highest BCUT2D eigenvalue weighted by Crippen LogP contribution is 2.49. The van der Waals surface area contributed by atoms with E-state index in [9.17, 15) is 0 Å². The molecule has 2 N–H and O–H groups in total. The molecule has 4 heteroatoms. The van der Waals surface area contributed by atoms with Gasteiger partial charge < -0.3 is 9.97 Å². The molecule has 0 unspecified atom stereocenters. The number of nitrogens with one attached hydrogen (secondary N) is 2. The maximum Gasteiger partial charge on any atom is 0.0872 e. The first kappa shape index (κ1) is 47.1. The van der Waals surface area contributed by atoms with Gasteiger partial charge in [-0.3, -0.25) is 0 Å². The Labute approximate surface area is 447 Å². The van der Waals surface area contributed by atoms with Gasteiger partial charge in [0.2, 0.25) is 0 Å². The van der Waals surface area contributed by atoms with Gasteiger partial charge in [-0.1, -0.05) is 70.8 Å². The van der Waals surface area contributed by atoms with Gasteiger partial charge >= 0.3 is 0 Å². The van der Waals surface area contributed by atoms with E-state index in [-0.39, 0.29) is 0 Å². The molecule has 0 fully saturated rings. The fourth-order valence-corrected chi connectivity index (χ4v) is 13.1. The summed E-state index contributed by atoms with van der Waals surface area (Å²) in [7, 11) is 0. The maximum atomic E-state index is 5.69. The van der Waals surface area contributed by atoms with E-state index in [0.717, 1.165) is 89.4 Å². The van der Waals surface area contributed by atoms with Crippen LogP contribution in [0.15, 0.2) is 121 Å². The second kappa shape index (κ2) is 17.5. The van der Waals surface area contributed by atoms with Crippen LogP contribution >= 0.6 is 0 Å². The molecule has 10 aliphatic rings. The molecule has 0 saturated carbocycles. The molecule has 0 atom stereocenters. The third kappa shape index (κ3) is 7.72. The first-order valence-electron chi connectivity index (χ1n) is 26.8. The lowest BCUT2D eigenvalue weighted by molar-refractivity contribution is 1.31. The average Bonchev–Trinajstić information content (AvgIpc) is 4.23. The molecule has 5 heterocycles. The standard InChI is InChI=1S/C72H62N4/c1-37-21-41(5)53-29-49(30-54(53)42(6)22-37)69-65-17-13-61(73-65)62-15-19-67(75-62)71(51-33-57-45(9)25-39(3)26-46(10)58(57)34-51)72(52-35-59-47(11)27-40(4)28-48(12)60(59)36-52)68-20-16-64(76-68)63-14-18-66(74-63)70(69)50-31-55-43(7)23-38(2)24-44(8)56(55)32-50/h13-36,73,76H,1-12H3. The Morgan fingerprint density at radius 2 is 0.447 bits per heavy atom. The Kier molecular flexibility index (Phi) is 10.9. The van der Waals surface area contributed by atoms with Gasteiger partial charge in [0.1, 0.15) is 0 Å². The van der Waals surface area contributed by atoms with Crippen LogP contribution < -0.4 is 0 Å². The van der Waals surface area contributed by atoms with Crippen molar-refractivity contribution in [3.05, 3.63) is 211 Å². The van der Waals surface area contributed by atoms with Crippen LogP contribution in [0.25, 0.3) is 135 Å². The van der Waals surface area contributed by atoms with Crippen LogP contribution in [0.4, 0.5) is 0 Å². The Morgan fingerprint density at radius 3 is 0.697 bits per heavy atom. The summed E-state index contributed by atoms with van der Waals surface area (Å²) in [6.45, 7) is 26.7. The summed E-state index contributed by atoms with van der Waals surface area (Å²) in [5.74, 6) is 0. The molecule has 0 saturated heterocycles. The van der Waals surface area contributed by atoms with Crippen LogP contribution in [0.3, 0.4) is 0 Å². The Bertz CT molecular complexity index is 3970. The summed E-state index contributed by atoms with van der Waals surface area (Å²) in [5, 5.41) is 0. The number of aromatic nitrogens is 4. The normalized spacial score (nSPS) is 12.4. The van der Waals surface area contributed by atoms with E-state index in [2.05, 4.69) is 239 Å². The predicted octanol–water partition coefficient (Wildman–Crippen LogP) is 19.4. The van der Waals surface area contributed by atoms with E-state index < -0.39 is 0 Å². The van der Waals surface area contributed by atoms with E-state index in [4.69, 9.17) is 9.97 Å². The minimum absolute atomic E-state index is 0.884. The van der Waals surface area contributed by atoms with Gasteiger partial charge in [0, 0.05) is 33.3 Å². The van der Waals surface area contributed by atoms with Crippen LogP contribution in [0.1, 0.15) is 89.5 Å². The molecule has 0 spiro atoms. The molecule has 13 rings (SSSR count). The van der Waals surface area contributed by atoms with Gasteiger partial charge in [-0.15, -0.1) is 0 Å². The first-order valence-corrected chi connectivity index (χ1v) is 26.8. The van der Waals surface area contributed by atoms with Gasteiger partial charge in [-0.05, 0) is 291 Å². The number of hydrogen-bond donors (Lipinski definition) is 2. The van der Waals surface area contributed by atoms with Crippen molar-refractivity contribution in [1.82, 2.24) is 19.9 Å². The third-order valence-corrected chi connectivity index (χ3v) is 16.4. The monoisotopic (exact) mass is 982 g/mol. The Balaban J connectivity index is 1.20. The zero-order chi connectivity index (χ0) is 52.6. The molecule has 4 nitrogen and oxygen atoms in total. The minimum atomic E-state index is 0.884. The second-order valence-corrected chi connectivity index (χ2v) is 22.4. The molecule has 0 radical (unpaired) electrons. The van der Waals surface area contributed by atoms with Crippen LogP contribution in [0.2, 0.25) is 0 Å². The largest absolute Gasteiger partial charge is 0.353 e. The predicted molar refractivity (Wildman–Crippen MR) is 324 cm³/mol. The van der Waals surface area contributed by atoms with Gasteiger partial charge in [0.15, 0.2) is 0 Å². The van der Waals surface area contributed by atoms with Crippen molar-refractivity contribution in [2.24, 2.45) is 0 Å². The molecule has 8 aliphatic carbocycles. The van der Waals surface area contributed by atoms with Gasteiger partial charge in [0.05, 0.1) is 33.8 Å². The fraction of sp³-hybridized carbons (Fsp3) is 0.167. The summed E-state index contributed by atoms with van der Waals surface area (Å²) in [6, 6.07) is 46.6. The zero-order valence-electron chi connectivity index (χ0n) is 45.8. The number of H-pyrrole nitrogens is 2. The number of hydrogen-bond acceptors (Lipinski definition) is 2. The van der Waals surface area contributed by atoms with Crippen LogP contribution in [0.5, 0.6) is 0 Å². The van der Waals surface area contributed by atoms with Crippen molar-refractivity contribution in [3.8, 4) is 89.0 Å². The van der Waals surface area contributed by atoms with Crippen LogP contribution in [-0.4, -0.2) is 19.9 Å². The maximum absolute atomic E-state index is 5.69. The van der Waals surface area contributed by atoms with E-state index in [1.807, 2.05) is 0 Å². The highest BCUT2D eigenvalue weighted by Gasteiger charge is 2.26. The summed E-state index contributed by atoms with van der Waals surface area (Å²) >= 11 is 0. The SMILES string of the molecule is Cc1cc(C)c2cc(-c3c4nc(c5ccc([nH]5)c(-c5cc6c(C)cc(C)cc(C)c-6c5)c(-c5cc6c(C)cc(C)cc(C)c-6c5)c5nc(c6ccc([nH]6)c3-c3cc6c(C)cc(C)cc(C)c-6c3)C=C5)C=C4)cc-2c(C)c1. The lowest BCUT2D eigenvalue weighted by atomic mass is 9.96. The number of rotatable bonds is 4. The quantitative estimate of drug-likeness (QED) is 0.185. The molecule has 76 heavy (non-hydrogen) atoms. The van der Waals surface area contributed by atoms with Crippen molar-refractivity contribution < 1.29 is 0 Å². The van der Waals surface area contributed by atoms with Crippen molar-refractivity contribution >= 4 is 46.4 Å². The highest BCUT2D eigenvalue weighted by atomic mass is 14.8. The van der Waals surface area contributed by atoms with E-state index in [1.165, 1.54) is 111 Å². The molecule has 8 bridgehead atoms. The lowest BCUT2D eigenvalue weighted by Crippen LogP contribution is -1.89. The molecule has 3 aromatic heterocycles. The summed E-state index contributed by atoms with van der Waals surface area (Å²) in [4.78, 5) is 19.4. The highest BCUT2D eigenvalue weighted by molar-refractivity contribution is 6.06. The number of aromatic amines is 2. The van der Waals surface area contributed by atoms with E-state index in [1.54, 1.807) is 0 Å². The van der Waals surface area contributed by atoms with Crippen LogP contribution in [-0.2, 0) is 0 Å². The number of nitrogens with zero attached hydrogens (tertiary/aromatic N) is 2. The number of aryl methyl sites for hydroxylation is 12. The second-order valence-electron chi connectivity index (χ2n) is 22.4. The van der Waals surface area contributed by atoms with Gasteiger partial charge in [0.25, 0.3) is 0 Å². The fourth-order valence-electron chi connectivity index (χ4n) is 13.1. The number of fused-ring (bicyclic) bond motifs is 14. The van der Waals surface area contributed by atoms with E-state index >= 15 is 0 Å². The van der Waals surface area contributed by atoms with Crippen molar-refractivity contribution in [1.29, 1.82) is 0 Å².